The molecular formula is C11H18N2O3S. The zero-order valence-electron chi connectivity index (χ0n) is 10.3. The molecule has 0 unspecified atom stereocenters. The van der Waals surface area contributed by atoms with Crippen molar-refractivity contribution >= 4 is 21.2 Å². The number of sulfone groups is 1. The maximum absolute atomic E-state index is 11.1. The molecule has 0 amide bonds. The van der Waals surface area contributed by atoms with Gasteiger partial charge >= 0.3 is 0 Å². The average molecular weight is 258 g/mol. The molecule has 1 rings (SSSR count). The van der Waals surface area contributed by atoms with Gasteiger partial charge in [0, 0.05) is 19.8 Å². The normalized spacial score (nSPS) is 11.2. The van der Waals surface area contributed by atoms with E-state index in [-0.39, 0.29) is 5.75 Å². The molecule has 0 aliphatic rings. The van der Waals surface area contributed by atoms with Crippen LogP contribution in [0.3, 0.4) is 0 Å². The largest absolute Gasteiger partial charge is 0.495 e. The molecule has 5 nitrogen and oxygen atoms in total. The summed E-state index contributed by atoms with van der Waals surface area (Å²) in [4.78, 5) is 1.80. The first kappa shape index (κ1) is 13.6. The number of hydrogen-bond donors (Lipinski definition) is 1. The van der Waals surface area contributed by atoms with Gasteiger partial charge in [-0.2, -0.15) is 0 Å². The molecule has 0 radical (unpaired) electrons. The Kier molecular flexibility index (Phi) is 4.22. The van der Waals surface area contributed by atoms with E-state index in [0.717, 1.165) is 5.69 Å². The first-order chi connectivity index (χ1) is 7.85. The fourth-order valence-electron chi connectivity index (χ4n) is 1.47. The van der Waals surface area contributed by atoms with Crippen molar-refractivity contribution in [1.29, 1.82) is 0 Å². The standard InChI is InChI=1S/C11H18N2O3S/c1-13(7-8-17(3,14)15)9-5-4-6-10(16-2)11(9)12/h4-6H,7-8,12H2,1-3H3. The molecule has 0 saturated carbocycles. The van der Waals surface area contributed by atoms with Crippen LogP contribution >= 0.6 is 0 Å². The Bertz CT molecular complexity index is 485. The molecular weight excluding hydrogens is 240 g/mol. The van der Waals surface area contributed by atoms with Gasteiger partial charge in [0.1, 0.15) is 15.6 Å². The van der Waals surface area contributed by atoms with E-state index in [1.807, 2.05) is 12.1 Å². The highest BCUT2D eigenvalue weighted by atomic mass is 32.2. The first-order valence-corrected chi connectivity index (χ1v) is 7.22. The lowest BCUT2D eigenvalue weighted by atomic mass is 10.2. The molecule has 1 aromatic carbocycles. The number of methoxy groups -OCH3 is 1. The third-order valence-corrected chi connectivity index (χ3v) is 3.40. The van der Waals surface area contributed by atoms with Crippen LogP contribution in [0.2, 0.25) is 0 Å². The van der Waals surface area contributed by atoms with Gasteiger partial charge in [-0.05, 0) is 12.1 Å². The fourth-order valence-corrected chi connectivity index (χ4v) is 2.07. The highest BCUT2D eigenvalue weighted by Crippen LogP contribution is 2.31. The lowest BCUT2D eigenvalue weighted by Crippen LogP contribution is -2.25. The lowest BCUT2D eigenvalue weighted by molar-refractivity contribution is 0.417. The summed E-state index contributed by atoms with van der Waals surface area (Å²) in [7, 11) is 0.380. The second-order valence-electron chi connectivity index (χ2n) is 3.94. The summed E-state index contributed by atoms with van der Waals surface area (Å²) in [5.74, 6) is 0.689. The lowest BCUT2D eigenvalue weighted by Gasteiger charge is -2.21. The Balaban J connectivity index is 2.86. The summed E-state index contributed by atoms with van der Waals surface area (Å²) in [6.07, 6.45) is 1.22. The van der Waals surface area contributed by atoms with E-state index >= 15 is 0 Å². The van der Waals surface area contributed by atoms with Crippen LogP contribution in [0.1, 0.15) is 0 Å². The van der Waals surface area contributed by atoms with E-state index in [0.29, 0.717) is 18.0 Å². The van der Waals surface area contributed by atoms with E-state index in [4.69, 9.17) is 10.5 Å². The predicted molar refractivity (Wildman–Crippen MR) is 70.4 cm³/mol. The van der Waals surface area contributed by atoms with Crippen molar-refractivity contribution in [2.75, 3.05) is 43.3 Å². The van der Waals surface area contributed by atoms with Gasteiger partial charge in [-0.25, -0.2) is 8.42 Å². The highest BCUT2D eigenvalue weighted by Gasteiger charge is 2.11. The molecule has 0 aliphatic carbocycles. The van der Waals surface area contributed by atoms with Crippen LogP contribution in [0.25, 0.3) is 0 Å². The number of anilines is 2. The van der Waals surface area contributed by atoms with Crippen LogP contribution in [0, 0.1) is 0 Å². The molecule has 0 aromatic heterocycles. The number of nitrogen functional groups attached to an aromatic ring is 1. The van der Waals surface area contributed by atoms with Gasteiger partial charge in [0.05, 0.1) is 24.2 Å². The monoisotopic (exact) mass is 258 g/mol. The number of ether oxygens (including phenoxy) is 1. The minimum absolute atomic E-state index is 0.0974. The van der Waals surface area contributed by atoms with E-state index in [1.54, 1.807) is 25.1 Å². The van der Waals surface area contributed by atoms with Crippen LogP contribution in [-0.2, 0) is 9.84 Å². The molecule has 6 heteroatoms. The van der Waals surface area contributed by atoms with Crippen LogP contribution < -0.4 is 15.4 Å². The molecule has 0 aliphatic heterocycles. The summed E-state index contributed by atoms with van der Waals surface area (Å²) in [6.45, 7) is 0.399. The number of nitrogens with two attached hydrogens (primary N) is 1. The van der Waals surface area contributed by atoms with Gasteiger partial charge in [0.2, 0.25) is 0 Å². The Hall–Kier alpha value is -1.43. The van der Waals surface area contributed by atoms with Gasteiger partial charge in [-0.3, -0.25) is 0 Å². The van der Waals surface area contributed by atoms with Crippen molar-refractivity contribution in [2.45, 2.75) is 0 Å². The molecule has 0 atom stereocenters. The van der Waals surface area contributed by atoms with Crippen molar-refractivity contribution in [3.8, 4) is 5.75 Å². The van der Waals surface area contributed by atoms with Gasteiger partial charge in [0.25, 0.3) is 0 Å². The Labute approximate surface area is 102 Å². The maximum Gasteiger partial charge on any atom is 0.149 e. The minimum atomic E-state index is -2.97. The number of nitrogens with zero attached hydrogens (tertiary/aromatic N) is 1. The molecule has 0 saturated heterocycles. The molecule has 96 valence electrons. The summed E-state index contributed by atoms with van der Waals surface area (Å²) < 4.78 is 27.3. The van der Waals surface area contributed by atoms with Crippen molar-refractivity contribution < 1.29 is 13.2 Å². The van der Waals surface area contributed by atoms with Gasteiger partial charge in [0.15, 0.2) is 0 Å². The van der Waals surface area contributed by atoms with Crippen LogP contribution in [0.15, 0.2) is 18.2 Å². The molecule has 2 N–H and O–H groups in total. The third kappa shape index (κ3) is 3.81. The predicted octanol–water partition coefficient (Wildman–Crippen LogP) is 0.758. The zero-order chi connectivity index (χ0) is 13.1. The van der Waals surface area contributed by atoms with Gasteiger partial charge in [-0.15, -0.1) is 0 Å². The summed E-state index contributed by atoms with van der Waals surface area (Å²) >= 11 is 0. The Morgan fingerprint density at radius 2 is 2.06 bits per heavy atom. The first-order valence-electron chi connectivity index (χ1n) is 5.16. The average Bonchev–Trinajstić information content (AvgIpc) is 2.25. The molecule has 0 heterocycles. The Morgan fingerprint density at radius 3 is 2.59 bits per heavy atom. The molecule has 17 heavy (non-hydrogen) atoms. The summed E-state index contributed by atoms with van der Waals surface area (Å²) in [6, 6.07) is 5.42. The second-order valence-corrected chi connectivity index (χ2v) is 6.20. The third-order valence-electron chi connectivity index (χ3n) is 2.47. The zero-order valence-corrected chi connectivity index (χ0v) is 11.1. The number of hydrogen-bond acceptors (Lipinski definition) is 5. The van der Waals surface area contributed by atoms with Crippen molar-refractivity contribution in [1.82, 2.24) is 0 Å². The van der Waals surface area contributed by atoms with E-state index in [1.165, 1.54) is 6.26 Å². The molecule has 0 bridgehead atoms. The molecule has 0 fully saturated rings. The fraction of sp³-hybridized carbons (Fsp3) is 0.455. The molecule has 0 spiro atoms. The Morgan fingerprint density at radius 1 is 1.41 bits per heavy atom. The summed E-state index contributed by atoms with van der Waals surface area (Å²) in [5.41, 5.74) is 7.21. The molecule has 1 aromatic rings. The quantitative estimate of drug-likeness (QED) is 0.789. The van der Waals surface area contributed by atoms with E-state index < -0.39 is 9.84 Å². The van der Waals surface area contributed by atoms with E-state index in [9.17, 15) is 8.42 Å². The van der Waals surface area contributed by atoms with Gasteiger partial charge < -0.3 is 15.4 Å². The highest BCUT2D eigenvalue weighted by molar-refractivity contribution is 7.90. The van der Waals surface area contributed by atoms with Crippen LogP contribution in [0.5, 0.6) is 5.75 Å². The van der Waals surface area contributed by atoms with Crippen molar-refractivity contribution in [3.63, 3.8) is 0 Å². The van der Waals surface area contributed by atoms with Gasteiger partial charge in [-0.1, -0.05) is 6.07 Å². The van der Waals surface area contributed by atoms with Crippen LogP contribution in [0.4, 0.5) is 11.4 Å². The number of benzene rings is 1. The van der Waals surface area contributed by atoms with Crippen molar-refractivity contribution in [2.24, 2.45) is 0 Å². The topological polar surface area (TPSA) is 72.6 Å². The van der Waals surface area contributed by atoms with Crippen LogP contribution in [-0.4, -0.2) is 41.1 Å². The summed E-state index contributed by atoms with van der Waals surface area (Å²) in [5, 5.41) is 0. The maximum atomic E-state index is 11.1. The number of rotatable bonds is 5. The SMILES string of the molecule is COc1cccc(N(C)CCS(C)(=O)=O)c1N. The minimum Gasteiger partial charge on any atom is -0.495 e. The smallest absolute Gasteiger partial charge is 0.149 e. The second kappa shape index (κ2) is 5.27. The number of para-hydroxylation sites is 1. The van der Waals surface area contributed by atoms with E-state index in [2.05, 4.69) is 0 Å². The van der Waals surface area contributed by atoms with Crippen molar-refractivity contribution in [3.05, 3.63) is 18.2 Å².